The van der Waals surface area contributed by atoms with Crippen molar-refractivity contribution in [1.82, 2.24) is 15.2 Å². The van der Waals surface area contributed by atoms with Crippen molar-refractivity contribution in [2.24, 2.45) is 0 Å². The van der Waals surface area contributed by atoms with Crippen molar-refractivity contribution >= 4 is 11.6 Å². The highest BCUT2D eigenvalue weighted by Gasteiger charge is 2.16. The summed E-state index contributed by atoms with van der Waals surface area (Å²) in [5, 5.41) is 18.9. The Labute approximate surface area is 135 Å². The highest BCUT2D eigenvalue weighted by molar-refractivity contribution is 5.95. The maximum atomic E-state index is 13.6. The molecule has 0 saturated carbocycles. The molecule has 24 heavy (non-hydrogen) atoms. The van der Waals surface area contributed by atoms with Crippen molar-refractivity contribution in [3.8, 4) is 29.0 Å². The fourth-order valence-electron chi connectivity index (χ4n) is 2.01. The number of nitrogens with zero attached hydrogens (tertiary/aromatic N) is 4. The van der Waals surface area contributed by atoms with Crippen LogP contribution in [0.15, 0.2) is 47.1 Å². The molecule has 0 atom stereocenters. The first-order chi connectivity index (χ1) is 11.7. The van der Waals surface area contributed by atoms with Crippen molar-refractivity contribution in [2.45, 2.75) is 6.42 Å². The summed E-state index contributed by atoms with van der Waals surface area (Å²) in [6.07, 6.45) is 2.84. The van der Waals surface area contributed by atoms with E-state index >= 15 is 0 Å². The number of hydrogen-bond acceptors (Lipinski definition) is 6. The maximum absolute atomic E-state index is 13.6. The number of nitriles is 1. The molecule has 1 aromatic carbocycles. The molecule has 0 unspecified atom stereocenters. The summed E-state index contributed by atoms with van der Waals surface area (Å²) in [6.45, 7) is 0. The molecule has 3 rings (SSSR count). The number of amides is 1. The minimum absolute atomic E-state index is 0.0496. The number of aromatic nitrogens is 3. The van der Waals surface area contributed by atoms with Gasteiger partial charge in [-0.05, 0) is 30.3 Å². The zero-order valence-electron chi connectivity index (χ0n) is 12.2. The standard InChI is InChI=1S/C16H10FN5O2/c17-11-1-2-13(20-14(23)3-6-18)12(9-11)16-22-21-15(24-16)10-4-7-19-8-5-10/h1-2,4-5,7-9H,3H2,(H,20,23). The molecule has 0 spiro atoms. The molecule has 2 aromatic heterocycles. The quantitative estimate of drug-likeness (QED) is 0.791. The van der Waals surface area contributed by atoms with E-state index in [0.717, 1.165) is 0 Å². The van der Waals surface area contributed by atoms with E-state index < -0.39 is 11.7 Å². The molecule has 0 aliphatic heterocycles. The minimum atomic E-state index is -0.521. The van der Waals surface area contributed by atoms with Gasteiger partial charge in [0.05, 0.1) is 17.3 Å². The Morgan fingerprint density at radius 3 is 2.71 bits per heavy atom. The van der Waals surface area contributed by atoms with Gasteiger partial charge in [-0.3, -0.25) is 9.78 Å². The molecule has 7 nitrogen and oxygen atoms in total. The molecule has 3 aromatic rings. The van der Waals surface area contributed by atoms with Crippen LogP contribution >= 0.6 is 0 Å². The lowest BCUT2D eigenvalue weighted by Gasteiger charge is -2.07. The second kappa shape index (κ2) is 6.66. The van der Waals surface area contributed by atoms with Crippen LogP contribution < -0.4 is 5.32 Å². The Bertz CT molecular complexity index is 918. The van der Waals surface area contributed by atoms with Crippen LogP contribution in [0.3, 0.4) is 0 Å². The lowest BCUT2D eigenvalue weighted by Crippen LogP contribution is -2.11. The van der Waals surface area contributed by atoms with Gasteiger partial charge in [0.25, 0.3) is 0 Å². The zero-order valence-corrected chi connectivity index (χ0v) is 12.2. The summed E-state index contributed by atoms with van der Waals surface area (Å²) >= 11 is 0. The summed E-state index contributed by atoms with van der Waals surface area (Å²) in [5.41, 5.74) is 1.17. The first-order valence-electron chi connectivity index (χ1n) is 6.88. The van der Waals surface area contributed by atoms with E-state index in [1.807, 2.05) is 0 Å². The van der Waals surface area contributed by atoms with E-state index in [0.29, 0.717) is 5.56 Å². The molecule has 0 radical (unpaired) electrons. The monoisotopic (exact) mass is 323 g/mol. The predicted octanol–water partition coefficient (Wildman–Crippen LogP) is 2.79. The highest BCUT2D eigenvalue weighted by Crippen LogP contribution is 2.30. The number of pyridine rings is 1. The molecular formula is C16H10FN5O2. The number of rotatable bonds is 4. The molecule has 0 bridgehead atoms. The molecule has 8 heteroatoms. The summed E-state index contributed by atoms with van der Waals surface area (Å²) in [7, 11) is 0. The van der Waals surface area contributed by atoms with Crippen molar-refractivity contribution in [2.75, 3.05) is 5.32 Å². The van der Waals surface area contributed by atoms with E-state index in [1.165, 1.54) is 18.2 Å². The molecule has 0 aliphatic carbocycles. The van der Waals surface area contributed by atoms with Gasteiger partial charge in [0.1, 0.15) is 12.2 Å². The van der Waals surface area contributed by atoms with Gasteiger partial charge in [-0.15, -0.1) is 10.2 Å². The SMILES string of the molecule is N#CCC(=O)Nc1ccc(F)cc1-c1nnc(-c2ccncc2)o1. The van der Waals surface area contributed by atoms with Crippen LogP contribution in [0, 0.1) is 17.1 Å². The number of nitrogens with one attached hydrogen (secondary N) is 1. The predicted molar refractivity (Wildman–Crippen MR) is 81.8 cm³/mol. The van der Waals surface area contributed by atoms with Crippen LogP contribution in [0.2, 0.25) is 0 Å². The van der Waals surface area contributed by atoms with Gasteiger partial charge < -0.3 is 9.73 Å². The van der Waals surface area contributed by atoms with E-state index in [1.54, 1.807) is 30.6 Å². The number of benzene rings is 1. The number of carbonyl (C=O) groups is 1. The fraction of sp³-hybridized carbons (Fsp3) is 0.0625. The van der Waals surface area contributed by atoms with Crippen LogP contribution in [0.4, 0.5) is 10.1 Å². The van der Waals surface area contributed by atoms with Gasteiger partial charge in [0, 0.05) is 18.0 Å². The third-order valence-electron chi connectivity index (χ3n) is 3.08. The largest absolute Gasteiger partial charge is 0.416 e. The first kappa shape index (κ1) is 15.3. The highest BCUT2D eigenvalue weighted by atomic mass is 19.1. The van der Waals surface area contributed by atoms with E-state index in [2.05, 4.69) is 20.5 Å². The van der Waals surface area contributed by atoms with Crippen molar-refractivity contribution < 1.29 is 13.6 Å². The smallest absolute Gasteiger partial charge is 0.250 e. The molecular weight excluding hydrogens is 313 g/mol. The van der Waals surface area contributed by atoms with Gasteiger partial charge in [0.15, 0.2) is 0 Å². The van der Waals surface area contributed by atoms with E-state index in [4.69, 9.17) is 9.68 Å². The van der Waals surface area contributed by atoms with Crippen LogP contribution in [-0.4, -0.2) is 21.1 Å². The Morgan fingerprint density at radius 2 is 1.96 bits per heavy atom. The Hall–Kier alpha value is -3.60. The average molecular weight is 323 g/mol. The van der Waals surface area contributed by atoms with E-state index in [-0.39, 0.29) is 29.5 Å². The Balaban J connectivity index is 1.97. The summed E-state index contributed by atoms with van der Waals surface area (Å²) in [4.78, 5) is 15.5. The number of hydrogen-bond donors (Lipinski definition) is 1. The zero-order chi connectivity index (χ0) is 16.9. The topological polar surface area (TPSA) is 105 Å². The second-order valence-corrected chi connectivity index (χ2v) is 4.72. The summed E-state index contributed by atoms with van der Waals surface area (Å²) < 4.78 is 19.1. The van der Waals surface area contributed by atoms with Crippen LogP contribution in [-0.2, 0) is 4.79 Å². The van der Waals surface area contributed by atoms with Crippen molar-refractivity contribution in [3.63, 3.8) is 0 Å². The average Bonchev–Trinajstić information content (AvgIpc) is 3.07. The number of carbonyl (C=O) groups excluding carboxylic acids is 1. The molecule has 0 aliphatic rings. The molecule has 118 valence electrons. The molecule has 0 saturated heterocycles. The van der Waals surface area contributed by atoms with Crippen LogP contribution in [0.1, 0.15) is 6.42 Å². The van der Waals surface area contributed by atoms with Gasteiger partial charge in [-0.25, -0.2) is 4.39 Å². The first-order valence-corrected chi connectivity index (χ1v) is 6.88. The molecule has 1 amide bonds. The minimum Gasteiger partial charge on any atom is -0.416 e. The van der Waals surface area contributed by atoms with E-state index in [9.17, 15) is 9.18 Å². The lowest BCUT2D eigenvalue weighted by molar-refractivity contribution is -0.115. The van der Waals surface area contributed by atoms with Crippen molar-refractivity contribution in [3.05, 3.63) is 48.5 Å². The van der Waals surface area contributed by atoms with Crippen LogP contribution in [0.5, 0.6) is 0 Å². The second-order valence-electron chi connectivity index (χ2n) is 4.72. The van der Waals surface area contributed by atoms with Crippen LogP contribution in [0.25, 0.3) is 22.9 Å². The van der Waals surface area contributed by atoms with Gasteiger partial charge in [-0.1, -0.05) is 0 Å². The molecule has 0 fully saturated rings. The Kier molecular flexibility index (Phi) is 4.25. The third kappa shape index (κ3) is 3.25. The van der Waals surface area contributed by atoms with Gasteiger partial charge >= 0.3 is 0 Å². The normalized spacial score (nSPS) is 10.2. The van der Waals surface area contributed by atoms with Crippen molar-refractivity contribution in [1.29, 1.82) is 5.26 Å². The van der Waals surface area contributed by atoms with Gasteiger partial charge in [-0.2, -0.15) is 5.26 Å². The summed E-state index contributed by atoms with van der Waals surface area (Å²) in [6, 6.07) is 8.86. The molecule has 2 heterocycles. The fourth-order valence-corrected chi connectivity index (χ4v) is 2.01. The Morgan fingerprint density at radius 1 is 1.21 bits per heavy atom. The maximum Gasteiger partial charge on any atom is 0.250 e. The van der Waals surface area contributed by atoms with Gasteiger partial charge in [0.2, 0.25) is 17.7 Å². The number of anilines is 1. The molecule has 1 N–H and O–H groups in total. The third-order valence-corrected chi connectivity index (χ3v) is 3.08. The number of halogens is 1. The lowest BCUT2D eigenvalue weighted by atomic mass is 10.1. The summed E-state index contributed by atoms with van der Waals surface area (Å²) in [5.74, 6) is -0.745.